The molecule has 1 unspecified atom stereocenters. The Morgan fingerprint density at radius 3 is 1.24 bits per heavy atom. The second-order valence-corrected chi connectivity index (χ2v) is 9.81. The maximum Gasteiger partial charge on any atom is 0.0280 e. The molecule has 0 aromatic rings. The van der Waals surface area contributed by atoms with E-state index in [1.54, 1.807) is 0 Å². The molecule has 0 aliphatic carbocycles. The van der Waals surface area contributed by atoms with Gasteiger partial charge in [-0.2, -0.15) is 0 Å². The molecule has 0 radical (unpaired) electrons. The first-order chi connectivity index (χ1) is 12.1. The van der Waals surface area contributed by atoms with Gasteiger partial charge in [-0.25, -0.2) is 0 Å². The molecule has 0 saturated heterocycles. The van der Waals surface area contributed by atoms with E-state index < -0.39 is 0 Å². The molecule has 1 atom stereocenters. The Bertz CT molecular complexity index is 257. The van der Waals surface area contributed by atoms with Crippen LogP contribution in [0.2, 0.25) is 0 Å². The number of rotatable bonds is 19. The van der Waals surface area contributed by atoms with Gasteiger partial charge in [-0.05, 0) is 25.2 Å². The second-order valence-electron chi connectivity index (χ2n) is 8.23. The van der Waals surface area contributed by atoms with E-state index in [2.05, 4.69) is 43.6 Å². The van der Waals surface area contributed by atoms with Gasteiger partial charge in [0.25, 0.3) is 0 Å². The predicted molar refractivity (Wildman–Crippen MR) is 121 cm³/mol. The fraction of sp³-hybridized carbons (Fsp3) is 1.00. The molecule has 0 N–H and O–H groups in total. The lowest BCUT2D eigenvalue weighted by Crippen LogP contribution is -2.29. The van der Waals surface area contributed by atoms with Crippen LogP contribution in [0.4, 0.5) is 0 Å². The maximum absolute atomic E-state index is 4.05. The summed E-state index contributed by atoms with van der Waals surface area (Å²) in [5, 5.41) is 0. The van der Waals surface area contributed by atoms with Gasteiger partial charge in [0.05, 0.1) is 0 Å². The Morgan fingerprint density at radius 1 is 0.560 bits per heavy atom. The molecule has 1 heteroatoms. The van der Waals surface area contributed by atoms with Gasteiger partial charge in [-0.3, -0.25) is 0 Å². The molecule has 0 nitrogen and oxygen atoms in total. The van der Waals surface area contributed by atoms with Crippen molar-refractivity contribution in [3.8, 4) is 0 Å². The summed E-state index contributed by atoms with van der Waals surface area (Å²) in [6.07, 6.45) is 25.7. The molecular weight excluding hydrogens is 368 g/mol. The number of hydrogen-bond acceptors (Lipinski definition) is 0. The molecule has 0 rings (SSSR count). The van der Waals surface area contributed by atoms with E-state index in [0.29, 0.717) is 4.32 Å². The first kappa shape index (κ1) is 25.5. The fourth-order valence-corrected chi connectivity index (χ4v) is 4.79. The number of halogens is 1. The van der Waals surface area contributed by atoms with Gasteiger partial charge in [0.15, 0.2) is 0 Å². The van der Waals surface area contributed by atoms with E-state index in [1.165, 1.54) is 116 Å². The molecule has 0 spiro atoms. The molecule has 25 heavy (non-hydrogen) atoms. The lowest BCUT2D eigenvalue weighted by atomic mass is 9.82. The van der Waals surface area contributed by atoms with Gasteiger partial charge in [-0.15, -0.1) is 0 Å². The van der Waals surface area contributed by atoms with Crippen molar-refractivity contribution in [1.29, 1.82) is 0 Å². The quantitative estimate of drug-likeness (QED) is 0.145. The summed E-state index contributed by atoms with van der Waals surface area (Å²) < 4.78 is 0.401. The SMILES string of the molecule is CCCCCCCCCCCCCCCCC(CC)C(Br)(CC)CC. The van der Waals surface area contributed by atoms with Gasteiger partial charge >= 0.3 is 0 Å². The first-order valence-electron chi connectivity index (χ1n) is 11.8. The van der Waals surface area contributed by atoms with Crippen LogP contribution < -0.4 is 0 Å². The molecule has 0 aliphatic heterocycles. The Kier molecular flexibility index (Phi) is 18.2. The predicted octanol–water partition coefficient (Wildman–Crippen LogP) is 9.84. The molecular formula is C24H49Br. The molecule has 0 aliphatic rings. The molecule has 0 amide bonds. The third-order valence-corrected chi connectivity index (χ3v) is 8.08. The number of hydrogen-bond donors (Lipinski definition) is 0. The molecule has 0 aromatic heterocycles. The van der Waals surface area contributed by atoms with Crippen LogP contribution in [0.25, 0.3) is 0 Å². The third-order valence-electron chi connectivity index (χ3n) is 6.31. The molecule has 0 fully saturated rings. The average molecular weight is 418 g/mol. The summed E-state index contributed by atoms with van der Waals surface area (Å²) in [4.78, 5) is 0. The van der Waals surface area contributed by atoms with Crippen LogP contribution in [-0.4, -0.2) is 4.32 Å². The average Bonchev–Trinajstić information content (AvgIpc) is 2.64. The molecule has 0 bridgehead atoms. The van der Waals surface area contributed by atoms with Crippen molar-refractivity contribution in [3.05, 3.63) is 0 Å². The van der Waals surface area contributed by atoms with Crippen LogP contribution in [0.1, 0.15) is 143 Å². The Balaban J connectivity index is 3.41. The van der Waals surface area contributed by atoms with Crippen molar-refractivity contribution >= 4 is 15.9 Å². The zero-order valence-corrected chi connectivity index (χ0v) is 19.8. The van der Waals surface area contributed by atoms with Crippen LogP contribution in [0.3, 0.4) is 0 Å². The van der Waals surface area contributed by atoms with Crippen molar-refractivity contribution in [2.75, 3.05) is 0 Å². The van der Waals surface area contributed by atoms with Crippen molar-refractivity contribution in [2.24, 2.45) is 5.92 Å². The largest absolute Gasteiger partial charge is 0.0851 e. The summed E-state index contributed by atoms with van der Waals surface area (Å²) in [6.45, 7) is 9.35. The minimum absolute atomic E-state index is 0.401. The minimum Gasteiger partial charge on any atom is -0.0851 e. The van der Waals surface area contributed by atoms with E-state index in [1.807, 2.05) is 0 Å². The van der Waals surface area contributed by atoms with Crippen LogP contribution in [-0.2, 0) is 0 Å². The summed E-state index contributed by atoms with van der Waals surface area (Å²) in [5.41, 5.74) is 0. The summed E-state index contributed by atoms with van der Waals surface area (Å²) in [7, 11) is 0. The van der Waals surface area contributed by atoms with Gasteiger partial charge in [0.2, 0.25) is 0 Å². The monoisotopic (exact) mass is 416 g/mol. The Hall–Kier alpha value is 0.480. The van der Waals surface area contributed by atoms with Crippen molar-refractivity contribution in [1.82, 2.24) is 0 Å². The Labute approximate surface area is 169 Å². The first-order valence-corrected chi connectivity index (χ1v) is 12.6. The van der Waals surface area contributed by atoms with Gasteiger partial charge in [0, 0.05) is 4.32 Å². The Morgan fingerprint density at radius 2 is 0.920 bits per heavy atom. The topological polar surface area (TPSA) is 0 Å². The van der Waals surface area contributed by atoms with Crippen LogP contribution in [0.5, 0.6) is 0 Å². The minimum atomic E-state index is 0.401. The maximum atomic E-state index is 4.05. The smallest absolute Gasteiger partial charge is 0.0280 e. The van der Waals surface area contributed by atoms with Gasteiger partial charge in [0.1, 0.15) is 0 Å². The van der Waals surface area contributed by atoms with Crippen molar-refractivity contribution in [3.63, 3.8) is 0 Å². The number of unbranched alkanes of at least 4 members (excludes halogenated alkanes) is 13. The molecule has 0 saturated carbocycles. The molecule has 0 heterocycles. The van der Waals surface area contributed by atoms with E-state index in [-0.39, 0.29) is 0 Å². The van der Waals surface area contributed by atoms with Gasteiger partial charge < -0.3 is 0 Å². The molecule has 0 aromatic carbocycles. The highest BCUT2D eigenvalue weighted by molar-refractivity contribution is 9.10. The van der Waals surface area contributed by atoms with Crippen molar-refractivity contribution < 1.29 is 0 Å². The zero-order valence-electron chi connectivity index (χ0n) is 18.2. The highest BCUT2D eigenvalue weighted by atomic mass is 79.9. The summed E-state index contributed by atoms with van der Waals surface area (Å²) in [5.74, 6) is 0.861. The van der Waals surface area contributed by atoms with E-state index in [9.17, 15) is 0 Å². The fourth-order valence-electron chi connectivity index (χ4n) is 4.24. The zero-order chi connectivity index (χ0) is 18.8. The van der Waals surface area contributed by atoms with Crippen molar-refractivity contribution in [2.45, 2.75) is 148 Å². The summed E-state index contributed by atoms with van der Waals surface area (Å²) in [6, 6.07) is 0. The highest BCUT2D eigenvalue weighted by Gasteiger charge is 2.30. The lowest BCUT2D eigenvalue weighted by Gasteiger charge is -2.34. The second kappa shape index (κ2) is 17.9. The van der Waals surface area contributed by atoms with E-state index in [0.717, 1.165) is 5.92 Å². The lowest BCUT2D eigenvalue weighted by molar-refractivity contribution is 0.321. The number of alkyl halides is 1. The normalized spacial score (nSPS) is 13.3. The van der Waals surface area contributed by atoms with E-state index >= 15 is 0 Å². The third kappa shape index (κ3) is 13.3. The van der Waals surface area contributed by atoms with Gasteiger partial charge in [-0.1, -0.05) is 140 Å². The highest BCUT2D eigenvalue weighted by Crippen LogP contribution is 2.39. The van der Waals surface area contributed by atoms with Crippen LogP contribution in [0.15, 0.2) is 0 Å². The van der Waals surface area contributed by atoms with Crippen LogP contribution >= 0.6 is 15.9 Å². The molecule has 152 valence electrons. The van der Waals surface area contributed by atoms with E-state index in [4.69, 9.17) is 0 Å². The standard InChI is InChI=1S/C24H49Br/c1-5-9-10-11-12-13-14-15-16-17-18-19-20-21-22-23(6-2)24(25,7-3)8-4/h23H,5-22H2,1-4H3. The summed E-state index contributed by atoms with van der Waals surface area (Å²) >= 11 is 4.05. The van der Waals surface area contributed by atoms with Crippen LogP contribution in [0, 0.1) is 5.92 Å².